The smallest absolute Gasteiger partial charge is 0.222 e. The average Bonchev–Trinajstić information content (AvgIpc) is 2.45. The molecule has 0 aliphatic rings. The lowest BCUT2D eigenvalue weighted by Gasteiger charge is -2.22. The molecule has 20 heavy (non-hydrogen) atoms. The Hall–Kier alpha value is -1.51. The SMILES string of the molecule is CCCCCCC(=O)N(CCC)Cc1ccc(N)cc1. The van der Waals surface area contributed by atoms with Crippen LogP contribution in [0.4, 0.5) is 5.69 Å². The molecule has 0 aliphatic heterocycles. The lowest BCUT2D eigenvalue weighted by molar-refractivity contribution is -0.132. The molecule has 0 spiro atoms. The normalized spacial score (nSPS) is 10.5. The zero-order chi connectivity index (χ0) is 14.8. The van der Waals surface area contributed by atoms with E-state index in [1.54, 1.807) is 0 Å². The van der Waals surface area contributed by atoms with Crippen LogP contribution < -0.4 is 5.73 Å². The van der Waals surface area contributed by atoms with Gasteiger partial charge in [0.2, 0.25) is 5.91 Å². The number of nitrogen functional groups attached to an aromatic ring is 1. The Labute approximate surface area is 123 Å². The van der Waals surface area contributed by atoms with E-state index in [0.29, 0.717) is 13.0 Å². The minimum atomic E-state index is 0.278. The molecule has 1 rings (SSSR count). The highest BCUT2D eigenvalue weighted by Gasteiger charge is 2.12. The number of carbonyl (C=O) groups is 1. The zero-order valence-electron chi connectivity index (χ0n) is 12.9. The fourth-order valence-corrected chi connectivity index (χ4v) is 2.27. The first-order valence-electron chi connectivity index (χ1n) is 7.79. The Balaban J connectivity index is 2.50. The van der Waals surface area contributed by atoms with Gasteiger partial charge in [-0.15, -0.1) is 0 Å². The molecule has 0 atom stereocenters. The van der Waals surface area contributed by atoms with Crippen molar-refractivity contribution in [1.29, 1.82) is 0 Å². The number of amides is 1. The molecule has 1 aromatic rings. The second kappa shape index (κ2) is 9.40. The maximum Gasteiger partial charge on any atom is 0.222 e. The molecule has 0 radical (unpaired) electrons. The Morgan fingerprint density at radius 2 is 1.75 bits per heavy atom. The van der Waals surface area contributed by atoms with Crippen LogP contribution in [0.2, 0.25) is 0 Å². The second-order valence-corrected chi connectivity index (χ2v) is 5.37. The van der Waals surface area contributed by atoms with Gasteiger partial charge in [0.25, 0.3) is 0 Å². The number of rotatable bonds is 9. The van der Waals surface area contributed by atoms with Gasteiger partial charge >= 0.3 is 0 Å². The molecule has 1 aromatic carbocycles. The van der Waals surface area contributed by atoms with Crippen LogP contribution in [-0.2, 0) is 11.3 Å². The average molecular weight is 276 g/mol. The first-order valence-corrected chi connectivity index (χ1v) is 7.79. The maximum absolute atomic E-state index is 12.3. The van der Waals surface area contributed by atoms with E-state index < -0.39 is 0 Å². The van der Waals surface area contributed by atoms with E-state index in [0.717, 1.165) is 37.1 Å². The summed E-state index contributed by atoms with van der Waals surface area (Å²) in [4.78, 5) is 14.2. The summed E-state index contributed by atoms with van der Waals surface area (Å²) < 4.78 is 0. The highest BCUT2D eigenvalue weighted by Crippen LogP contribution is 2.12. The predicted octanol–water partition coefficient (Wildman–Crippen LogP) is 3.98. The molecule has 0 heterocycles. The Kier molecular flexibility index (Phi) is 7.78. The predicted molar refractivity (Wildman–Crippen MR) is 85.3 cm³/mol. The third kappa shape index (κ3) is 6.09. The summed E-state index contributed by atoms with van der Waals surface area (Å²) in [5.41, 5.74) is 7.60. The molecule has 0 saturated heterocycles. The first-order chi connectivity index (χ1) is 9.67. The van der Waals surface area contributed by atoms with Gasteiger partial charge in [0, 0.05) is 25.2 Å². The van der Waals surface area contributed by atoms with Gasteiger partial charge in [0.15, 0.2) is 0 Å². The van der Waals surface area contributed by atoms with Crippen molar-refractivity contribution >= 4 is 11.6 Å². The molecule has 112 valence electrons. The number of carbonyl (C=O) groups excluding carboxylic acids is 1. The molecule has 0 aromatic heterocycles. The molecule has 0 bridgehead atoms. The molecule has 1 amide bonds. The van der Waals surface area contributed by atoms with Crippen LogP contribution in [0, 0.1) is 0 Å². The number of nitrogens with zero attached hydrogens (tertiary/aromatic N) is 1. The molecular weight excluding hydrogens is 248 g/mol. The van der Waals surface area contributed by atoms with E-state index in [9.17, 15) is 4.79 Å². The lowest BCUT2D eigenvalue weighted by atomic mass is 10.1. The standard InChI is InChI=1S/C17H28N2O/c1-3-5-6-7-8-17(20)19(13-4-2)14-15-9-11-16(18)12-10-15/h9-12H,3-8,13-14,18H2,1-2H3. The summed E-state index contributed by atoms with van der Waals surface area (Å²) in [6, 6.07) is 7.79. The molecule has 3 nitrogen and oxygen atoms in total. The molecule has 3 heteroatoms. The van der Waals surface area contributed by atoms with Crippen molar-refractivity contribution in [1.82, 2.24) is 4.90 Å². The lowest BCUT2D eigenvalue weighted by Crippen LogP contribution is -2.31. The van der Waals surface area contributed by atoms with E-state index in [4.69, 9.17) is 5.73 Å². The van der Waals surface area contributed by atoms with Gasteiger partial charge < -0.3 is 10.6 Å². The second-order valence-electron chi connectivity index (χ2n) is 5.37. The number of benzene rings is 1. The van der Waals surface area contributed by atoms with Crippen LogP contribution in [0.25, 0.3) is 0 Å². The van der Waals surface area contributed by atoms with Gasteiger partial charge in [-0.3, -0.25) is 4.79 Å². The van der Waals surface area contributed by atoms with Gasteiger partial charge in [0.05, 0.1) is 0 Å². The van der Waals surface area contributed by atoms with Gasteiger partial charge in [-0.2, -0.15) is 0 Å². The summed E-state index contributed by atoms with van der Waals surface area (Å²) in [6.07, 6.45) is 6.26. The summed E-state index contributed by atoms with van der Waals surface area (Å²) in [5, 5.41) is 0. The molecule has 2 N–H and O–H groups in total. The number of anilines is 1. The van der Waals surface area contributed by atoms with Crippen molar-refractivity contribution in [3.8, 4) is 0 Å². The minimum absolute atomic E-state index is 0.278. The van der Waals surface area contributed by atoms with Crippen LogP contribution in [0.1, 0.15) is 57.9 Å². The monoisotopic (exact) mass is 276 g/mol. The van der Waals surface area contributed by atoms with Crippen LogP contribution in [0.15, 0.2) is 24.3 Å². The van der Waals surface area contributed by atoms with Crippen molar-refractivity contribution in [3.05, 3.63) is 29.8 Å². The molecule has 0 fully saturated rings. The quantitative estimate of drug-likeness (QED) is 0.548. The molecule has 0 aliphatic carbocycles. The molecule has 0 saturated carbocycles. The van der Waals surface area contributed by atoms with Gasteiger partial charge in [0.1, 0.15) is 0 Å². The van der Waals surface area contributed by atoms with Crippen molar-refractivity contribution in [2.45, 2.75) is 58.9 Å². The van der Waals surface area contributed by atoms with Gasteiger partial charge in [-0.1, -0.05) is 45.2 Å². The summed E-state index contributed by atoms with van der Waals surface area (Å²) in [7, 11) is 0. The molecule has 0 unspecified atom stereocenters. The summed E-state index contributed by atoms with van der Waals surface area (Å²) in [5.74, 6) is 0.278. The Morgan fingerprint density at radius 1 is 1.05 bits per heavy atom. The largest absolute Gasteiger partial charge is 0.399 e. The highest BCUT2D eigenvalue weighted by atomic mass is 16.2. The summed E-state index contributed by atoms with van der Waals surface area (Å²) >= 11 is 0. The van der Waals surface area contributed by atoms with E-state index >= 15 is 0 Å². The maximum atomic E-state index is 12.3. The minimum Gasteiger partial charge on any atom is -0.399 e. The van der Waals surface area contributed by atoms with Crippen LogP contribution in [0.3, 0.4) is 0 Å². The number of hydrogen-bond donors (Lipinski definition) is 1. The van der Waals surface area contributed by atoms with E-state index in [1.165, 1.54) is 12.8 Å². The van der Waals surface area contributed by atoms with Gasteiger partial charge in [-0.05, 0) is 30.5 Å². The number of hydrogen-bond acceptors (Lipinski definition) is 2. The number of nitrogens with two attached hydrogens (primary N) is 1. The third-order valence-corrected chi connectivity index (χ3v) is 3.44. The third-order valence-electron chi connectivity index (χ3n) is 3.44. The van der Waals surface area contributed by atoms with Crippen molar-refractivity contribution in [3.63, 3.8) is 0 Å². The fourth-order valence-electron chi connectivity index (χ4n) is 2.27. The number of unbranched alkanes of at least 4 members (excludes halogenated alkanes) is 3. The molecular formula is C17H28N2O. The van der Waals surface area contributed by atoms with Crippen molar-refractivity contribution in [2.75, 3.05) is 12.3 Å². The van der Waals surface area contributed by atoms with E-state index in [-0.39, 0.29) is 5.91 Å². The van der Waals surface area contributed by atoms with Crippen LogP contribution >= 0.6 is 0 Å². The van der Waals surface area contributed by atoms with Gasteiger partial charge in [-0.25, -0.2) is 0 Å². The Morgan fingerprint density at radius 3 is 2.35 bits per heavy atom. The highest BCUT2D eigenvalue weighted by molar-refractivity contribution is 5.76. The van der Waals surface area contributed by atoms with Crippen molar-refractivity contribution < 1.29 is 4.79 Å². The van der Waals surface area contributed by atoms with E-state index in [2.05, 4.69) is 13.8 Å². The fraction of sp³-hybridized carbons (Fsp3) is 0.588. The zero-order valence-corrected chi connectivity index (χ0v) is 12.9. The van der Waals surface area contributed by atoms with Crippen molar-refractivity contribution in [2.24, 2.45) is 0 Å². The van der Waals surface area contributed by atoms with Crippen LogP contribution in [0.5, 0.6) is 0 Å². The topological polar surface area (TPSA) is 46.3 Å². The van der Waals surface area contributed by atoms with E-state index in [1.807, 2.05) is 29.2 Å². The first kappa shape index (κ1) is 16.5. The Bertz CT molecular complexity index is 386. The summed E-state index contributed by atoms with van der Waals surface area (Å²) in [6.45, 7) is 5.82. The van der Waals surface area contributed by atoms with Crippen LogP contribution in [-0.4, -0.2) is 17.4 Å².